The summed E-state index contributed by atoms with van der Waals surface area (Å²) in [5, 5.41) is 0.484. The average Bonchev–Trinajstić information content (AvgIpc) is 2.36. The highest BCUT2D eigenvalue weighted by Crippen LogP contribution is 2.23. The summed E-state index contributed by atoms with van der Waals surface area (Å²) in [5.74, 6) is 0.557. The van der Waals surface area contributed by atoms with Gasteiger partial charge in [0.25, 0.3) is 0 Å². The van der Waals surface area contributed by atoms with E-state index >= 15 is 0 Å². The summed E-state index contributed by atoms with van der Waals surface area (Å²) >= 11 is 8.28. The molecule has 0 amide bonds. The van der Waals surface area contributed by atoms with Crippen molar-refractivity contribution in [3.05, 3.63) is 33.0 Å². The minimum absolute atomic E-state index is 0.484. The number of rotatable bonds is 3. The topological polar surface area (TPSA) is 51.6 Å². The second kappa shape index (κ2) is 5.68. The average molecular weight is 361 g/mol. The maximum absolute atomic E-state index is 6.10. The molecule has 88 valence electrons. The maximum atomic E-state index is 6.10. The molecule has 0 bridgehead atoms. The minimum atomic E-state index is 0.484. The van der Waals surface area contributed by atoms with Crippen LogP contribution < -0.4 is 0 Å². The van der Waals surface area contributed by atoms with E-state index in [0.717, 1.165) is 22.1 Å². The van der Waals surface area contributed by atoms with Gasteiger partial charge in [0.15, 0.2) is 5.82 Å². The Hall–Kier alpha value is -0.820. The van der Waals surface area contributed by atoms with Gasteiger partial charge < -0.3 is 0 Å². The highest BCUT2D eigenvalue weighted by molar-refractivity contribution is 14.1. The molecule has 0 atom stereocenters. The van der Waals surface area contributed by atoms with Crippen molar-refractivity contribution < 1.29 is 0 Å². The van der Waals surface area contributed by atoms with Crippen LogP contribution in [0.3, 0.4) is 0 Å². The molecule has 2 heterocycles. The van der Waals surface area contributed by atoms with E-state index in [2.05, 4.69) is 49.5 Å². The van der Waals surface area contributed by atoms with Gasteiger partial charge in [-0.05, 0) is 35.1 Å². The zero-order chi connectivity index (χ0) is 12.3. The van der Waals surface area contributed by atoms with E-state index in [1.807, 2.05) is 0 Å². The van der Waals surface area contributed by atoms with Gasteiger partial charge in [-0.3, -0.25) is 0 Å². The first-order valence-corrected chi connectivity index (χ1v) is 6.66. The van der Waals surface area contributed by atoms with Gasteiger partial charge in [-0.25, -0.2) is 19.9 Å². The second-order valence-corrected chi connectivity index (χ2v) is 4.88. The number of hydrogen-bond donors (Lipinski definition) is 0. The minimum Gasteiger partial charge on any atom is -0.245 e. The molecule has 0 aromatic carbocycles. The number of nitrogens with zero attached hydrogens (tertiary/aromatic N) is 4. The van der Waals surface area contributed by atoms with E-state index in [4.69, 9.17) is 11.6 Å². The molecule has 0 aliphatic heterocycles. The number of aromatic nitrogens is 4. The summed E-state index contributed by atoms with van der Waals surface area (Å²) in [6, 6.07) is 1.77. The fraction of sp³-hybridized carbons (Fsp3) is 0.273. The molecule has 0 saturated heterocycles. The van der Waals surface area contributed by atoms with Gasteiger partial charge in [-0.15, -0.1) is 0 Å². The van der Waals surface area contributed by atoms with Gasteiger partial charge in [0.1, 0.15) is 17.2 Å². The van der Waals surface area contributed by atoms with Crippen LogP contribution >= 0.6 is 34.2 Å². The van der Waals surface area contributed by atoms with Crippen molar-refractivity contribution in [2.24, 2.45) is 0 Å². The van der Waals surface area contributed by atoms with Crippen molar-refractivity contribution >= 4 is 34.2 Å². The summed E-state index contributed by atoms with van der Waals surface area (Å²) in [6.07, 6.45) is 5.05. The lowest BCUT2D eigenvalue weighted by Gasteiger charge is -2.06. The zero-order valence-corrected chi connectivity index (χ0v) is 12.1. The molecule has 0 unspecified atom stereocenters. The van der Waals surface area contributed by atoms with Crippen LogP contribution in [0.15, 0.2) is 18.6 Å². The van der Waals surface area contributed by atoms with E-state index in [-0.39, 0.29) is 0 Å². The molecule has 2 aromatic heterocycles. The summed E-state index contributed by atoms with van der Waals surface area (Å²) in [5.41, 5.74) is 1.66. The molecule has 0 N–H and O–H groups in total. The molecule has 0 fully saturated rings. The van der Waals surface area contributed by atoms with Gasteiger partial charge in [0.05, 0.1) is 9.26 Å². The van der Waals surface area contributed by atoms with Crippen molar-refractivity contribution in [3.63, 3.8) is 0 Å². The highest BCUT2D eigenvalue weighted by atomic mass is 127. The first kappa shape index (κ1) is 12.6. The highest BCUT2D eigenvalue weighted by Gasteiger charge is 2.11. The van der Waals surface area contributed by atoms with Crippen LogP contribution in [0, 0.1) is 3.57 Å². The number of aryl methyl sites for hydroxylation is 1. The predicted octanol–water partition coefficient (Wildman–Crippen LogP) is 3.14. The van der Waals surface area contributed by atoms with Crippen molar-refractivity contribution in [2.75, 3.05) is 0 Å². The van der Waals surface area contributed by atoms with Crippen LogP contribution in [0.4, 0.5) is 0 Å². The van der Waals surface area contributed by atoms with Crippen molar-refractivity contribution in [2.45, 2.75) is 19.8 Å². The Morgan fingerprint density at radius 1 is 1.35 bits per heavy atom. The number of hydrogen-bond acceptors (Lipinski definition) is 4. The molecule has 2 aromatic rings. The smallest absolute Gasteiger partial charge is 0.180 e. The molecular formula is C11H10ClIN4. The maximum Gasteiger partial charge on any atom is 0.180 e. The zero-order valence-electron chi connectivity index (χ0n) is 9.19. The molecule has 4 nitrogen and oxygen atoms in total. The van der Waals surface area contributed by atoms with Gasteiger partial charge >= 0.3 is 0 Å². The molecule has 0 radical (unpaired) electrons. The monoisotopic (exact) mass is 360 g/mol. The fourth-order valence-electron chi connectivity index (χ4n) is 1.40. The molecular weight excluding hydrogens is 351 g/mol. The van der Waals surface area contributed by atoms with E-state index in [9.17, 15) is 0 Å². The molecule has 0 aliphatic carbocycles. The Kier molecular flexibility index (Phi) is 4.22. The Morgan fingerprint density at radius 2 is 2.18 bits per heavy atom. The third-order valence-electron chi connectivity index (χ3n) is 2.18. The van der Waals surface area contributed by atoms with Crippen LogP contribution in [0.1, 0.15) is 19.0 Å². The van der Waals surface area contributed by atoms with E-state index in [1.165, 1.54) is 6.33 Å². The van der Waals surface area contributed by atoms with Crippen molar-refractivity contribution in [1.82, 2.24) is 19.9 Å². The summed E-state index contributed by atoms with van der Waals surface area (Å²) in [7, 11) is 0. The van der Waals surface area contributed by atoms with E-state index < -0.39 is 0 Å². The molecule has 6 heteroatoms. The first-order chi connectivity index (χ1) is 8.22. The van der Waals surface area contributed by atoms with Crippen LogP contribution in [0.2, 0.25) is 5.15 Å². The van der Waals surface area contributed by atoms with Crippen LogP contribution in [-0.4, -0.2) is 19.9 Å². The lowest BCUT2D eigenvalue weighted by Crippen LogP contribution is -2.01. The first-order valence-electron chi connectivity index (χ1n) is 5.20. The Bertz CT molecular complexity index is 518. The summed E-state index contributed by atoms with van der Waals surface area (Å²) in [4.78, 5) is 16.7. The van der Waals surface area contributed by atoms with E-state index in [1.54, 1.807) is 12.3 Å². The van der Waals surface area contributed by atoms with Gasteiger partial charge in [-0.2, -0.15) is 0 Å². The SMILES string of the molecule is CCCc1nc(-c2ccncn2)nc(Cl)c1I. The molecule has 0 saturated carbocycles. The summed E-state index contributed by atoms with van der Waals surface area (Å²) in [6.45, 7) is 2.11. The standard InChI is InChI=1S/C11H10ClIN4/c1-2-3-7-9(13)10(12)17-11(16-7)8-4-5-14-6-15-8/h4-6H,2-3H2,1H3. The lowest BCUT2D eigenvalue weighted by molar-refractivity contribution is 0.865. The van der Waals surface area contributed by atoms with Gasteiger partial charge in [0.2, 0.25) is 0 Å². The van der Waals surface area contributed by atoms with Crippen molar-refractivity contribution in [3.8, 4) is 11.5 Å². The Balaban J connectivity index is 2.49. The van der Waals surface area contributed by atoms with Crippen molar-refractivity contribution in [1.29, 1.82) is 0 Å². The largest absolute Gasteiger partial charge is 0.245 e. The van der Waals surface area contributed by atoms with Crippen LogP contribution in [0.5, 0.6) is 0 Å². The van der Waals surface area contributed by atoms with Crippen LogP contribution in [0.25, 0.3) is 11.5 Å². The quantitative estimate of drug-likeness (QED) is 0.623. The number of halogens is 2. The van der Waals surface area contributed by atoms with Crippen LogP contribution in [-0.2, 0) is 6.42 Å². The molecule has 17 heavy (non-hydrogen) atoms. The lowest BCUT2D eigenvalue weighted by atomic mass is 10.2. The Labute approximate surface area is 118 Å². The summed E-state index contributed by atoms with van der Waals surface area (Å²) < 4.78 is 0.920. The molecule has 2 rings (SSSR count). The predicted molar refractivity (Wildman–Crippen MR) is 74.8 cm³/mol. The third kappa shape index (κ3) is 2.90. The molecule has 0 aliphatic rings. The normalized spacial score (nSPS) is 10.5. The third-order valence-corrected chi connectivity index (χ3v) is 3.90. The van der Waals surface area contributed by atoms with E-state index in [0.29, 0.717) is 16.7 Å². The second-order valence-electron chi connectivity index (χ2n) is 3.44. The molecule has 0 spiro atoms. The Morgan fingerprint density at radius 3 is 2.82 bits per heavy atom. The van der Waals surface area contributed by atoms with Gasteiger partial charge in [0, 0.05) is 6.20 Å². The fourth-order valence-corrected chi connectivity index (χ4v) is 2.10. The van der Waals surface area contributed by atoms with Gasteiger partial charge in [-0.1, -0.05) is 24.9 Å².